The molecule has 1 fully saturated rings. The number of carbonyl (C=O) groups is 2. The van der Waals surface area contributed by atoms with Gasteiger partial charge in [-0.3, -0.25) is 9.59 Å². The zero-order valence-corrected chi connectivity index (χ0v) is 19.9. The number of fused-ring (bicyclic) bond motifs is 1. The third-order valence-corrected chi connectivity index (χ3v) is 5.77. The second-order valence-corrected chi connectivity index (χ2v) is 7.96. The van der Waals surface area contributed by atoms with Crippen molar-refractivity contribution in [3.63, 3.8) is 0 Å². The third-order valence-electron chi connectivity index (χ3n) is 5.77. The van der Waals surface area contributed by atoms with Crippen molar-refractivity contribution in [3.8, 4) is 17.2 Å². The zero-order valence-electron chi connectivity index (χ0n) is 19.9. The molecule has 2 heterocycles. The van der Waals surface area contributed by atoms with Crippen LogP contribution in [0.3, 0.4) is 0 Å². The van der Waals surface area contributed by atoms with Gasteiger partial charge in [0.2, 0.25) is 5.75 Å². The van der Waals surface area contributed by atoms with Crippen LogP contribution >= 0.6 is 0 Å². The summed E-state index contributed by atoms with van der Waals surface area (Å²) in [6.07, 6.45) is 0. The molecule has 0 bridgehead atoms. The molecule has 34 heavy (non-hydrogen) atoms. The average Bonchev–Trinajstić information content (AvgIpc) is 3.30. The maximum atomic E-state index is 13.3. The van der Waals surface area contributed by atoms with Gasteiger partial charge in [-0.15, -0.1) is 0 Å². The second kappa shape index (κ2) is 10.5. The molecule has 4 rings (SSSR count). The lowest BCUT2D eigenvalue weighted by atomic mass is 10.1. The smallest absolute Gasteiger partial charge is 0.270 e. The van der Waals surface area contributed by atoms with Crippen LogP contribution < -0.4 is 14.2 Å². The Kier molecular flexibility index (Phi) is 7.25. The lowest BCUT2D eigenvalue weighted by Crippen LogP contribution is -2.50. The molecular weight excluding hydrogens is 434 g/mol. The van der Waals surface area contributed by atoms with Gasteiger partial charge in [-0.05, 0) is 45.0 Å². The Morgan fingerprint density at radius 3 is 1.91 bits per heavy atom. The number of hydrogen-bond acceptors (Lipinski definition) is 5. The number of rotatable bonds is 8. The van der Waals surface area contributed by atoms with E-state index in [1.54, 1.807) is 21.9 Å². The van der Waals surface area contributed by atoms with Crippen molar-refractivity contribution in [2.75, 3.05) is 46.0 Å². The molecule has 1 aromatic heterocycles. The van der Waals surface area contributed by atoms with Crippen LogP contribution in [0.15, 0.2) is 42.5 Å². The average molecular weight is 466 g/mol. The van der Waals surface area contributed by atoms with Crippen molar-refractivity contribution in [2.24, 2.45) is 0 Å². The molecule has 1 aliphatic rings. The SMILES string of the molecule is CCOc1cc(C(=O)N2CCN(C(=O)c3cc4ccccc4[nH]3)CC2)cc(OCC)c1OCC. The first kappa shape index (κ1) is 23.5. The zero-order chi connectivity index (χ0) is 24.1. The summed E-state index contributed by atoms with van der Waals surface area (Å²) >= 11 is 0. The van der Waals surface area contributed by atoms with Gasteiger partial charge >= 0.3 is 0 Å². The number of amides is 2. The predicted octanol–water partition coefficient (Wildman–Crippen LogP) is 3.96. The summed E-state index contributed by atoms with van der Waals surface area (Å²) in [5.74, 6) is 1.32. The molecule has 1 N–H and O–H groups in total. The molecule has 8 heteroatoms. The van der Waals surface area contributed by atoms with Gasteiger partial charge in [-0.2, -0.15) is 0 Å². The highest BCUT2D eigenvalue weighted by atomic mass is 16.5. The van der Waals surface area contributed by atoms with E-state index in [0.717, 1.165) is 10.9 Å². The van der Waals surface area contributed by atoms with E-state index in [1.807, 2.05) is 51.1 Å². The lowest BCUT2D eigenvalue weighted by molar-refractivity contribution is 0.0532. The van der Waals surface area contributed by atoms with Gasteiger partial charge in [0.05, 0.1) is 19.8 Å². The molecule has 2 amide bonds. The number of aromatic nitrogens is 1. The summed E-state index contributed by atoms with van der Waals surface area (Å²) in [6, 6.07) is 13.1. The van der Waals surface area contributed by atoms with Gasteiger partial charge in [-0.25, -0.2) is 0 Å². The quantitative estimate of drug-likeness (QED) is 0.544. The summed E-state index contributed by atoms with van der Waals surface area (Å²) in [5.41, 5.74) is 1.98. The van der Waals surface area contributed by atoms with Crippen molar-refractivity contribution >= 4 is 22.7 Å². The second-order valence-electron chi connectivity index (χ2n) is 7.96. The van der Waals surface area contributed by atoms with E-state index in [1.165, 1.54) is 0 Å². The van der Waals surface area contributed by atoms with Crippen LogP contribution in [0.5, 0.6) is 17.2 Å². The fourth-order valence-electron chi connectivity index (χ4n) is 4.17. The number of para-hydroxylation sites is 1. The molecule has 1 aliphatic heterocycles. The number of carbonyl (C=O) groups excluding carboxylic acids is 2. The highest BCUT2D eigenvalue weighted by Gasteiger charge is 2.28. The Bertz CT molecular complexity index is 1100. The minimum atomic E-state index is -0.123. The number of nitrogens with zero attached hydrogens (tertiary/aromatic N) is 2. The van der Waals surface area contributed by atoms with Crippen LogP contribution in [0.25, 0.3) is 10.9 Å². The third kappa shape index (κ3) is 4.81. The maximum Gasteiger partial charge on any atom is 0.270 e. The van der Waals surface area contributed by atoms with Gasteiger partial charge in [0.1, 0.15) is 5.69 Å². The summed E-state index contributed by atoms with van der Waals surface area (Å²) < 4.78 is 17.2. The largest absolute Gasteiger partial charge is 0.490 e. The Morgan fingerprint density at radius 1 is 0.794 bits per heavy atom. The van der Waals surface area contributed by atoms with Gasteiger partial charge in [0.15, 0.2) is 11.5 Å². The molecule has 0 radical (unpaired) electrons. The van der Waals surface area contributed by atoms with Crippen molar-refractivity contribution < 1.29 is 23.8 Å². The molecule has 180 valence electrons. The predicted molar refractivity (Wildman–Crippen MR) is 130 cm³/mol. The number of nitrogens with one attached hydrogen (secondary N) is 1. The van der Waals surface area contributed by atoms with E-state index >= 15 is 0 Å². The van der Waals surface area contributed by atoms with E-state index in [2.05, 4.69) is 4.98 Å². The topological polar surface area (TPSA) is 84.1 Å². The van der Waals surface area contributed by atoms with Crippen LogP contribution in [-0.4, -0.2) is 72.6 Å². The summed E-state index contributed by atoms with van der Waals surface area (Å²) in [5, 5.41) is 1.00. The molecule has 3 aromatic rings. The number of hydrogen-bond donors (Lipinski definition) is 1. The number of aromatic amines is 1. The first-order chi connectivity index (χ1) is 16.5. The first-order valence-electron chi connectivity index (χ1n) is 11.8. The van der Waals surface area contributed by atoms with Gasteiger partial charge in [0.25, 0.3) is 11.8 Å². The number of piperazine rings is 1. The standard InChI is InChI=1S/C26H31N3O5/c1-4-32-22-16-19(17-23(33-5-2)24(22)34-6-3)25(30)28-11-13-29(14-12-28)26(31)21-15-18-9-7-8-10-20(18)27-21/h7-10,15-17,27H,4-6,11-14H2,1-3H3. The van der Waals surface area contributed by atoms with Crippen LogP contribution in [0.4, 0.5) is 0 Å². The Labute approximate surface area is 199 Å². The normalized spacial score (nSPS) is 13.7. The Balaban J connectivity index is 1.47. The summed E-state index contributed by atoms with van der Waals surface area (Å²) in [6.45, 7) is 8.83. The van der Waals surface area contributed by atoms with Crippen LogP contribution in [0.1, 0.15) is 41.6 Å². The van der Waals surface area contributed by atoms with E-state index in [4.69, 9.17) is 14.2 Å². The van der Waals surface area contributed by atoms with E-state index in [9.17, 15) is 9.59 Å². The van der Waals surface area contributed by atoms with Gasteiger partial charge in [-0.1, -0.05) is 18.2 Å². The molecular formula is C26H31N3O5. The van der Waals surface area contributed by atoms with Gasteiger partial charge in [0, 0.05) is 42.6 Å². The Hall–Kier alpha value is -3.68. The number of benzene rings is 2. The Morgan fingerprint density at radius 2 is 1.35 bits per heavy atom. The summed E-state index contributed by atoms with van der Waals surface area (Å²) in [7, 11) is 0. The van der Waals surface area contributed by atoms with Crippen molar-refractivity contribution in [2.45, 2.75) is 20.8 Å². The molecule has 0 unspecified atom stereocenters. The molecule has 2 aromatic carbocycles. The van der Waals surface area contributed by atoms with Crippen LogP contribution in [-0.2, 0) is 0 Å². The lowest BCUT2D eigenvalue weighted by Gasteiger charge is -2.34. The van der Waals surface area contributed by atoms with Gasteiger partial charge < -0.3 is 29.0 Å². The van der Waals surface area contributed by atoms with E-state index < -0.39 is 0 Å². The molecule has 8 nitrogen and oxygen atoms in total. The van der Waals surface area contributed by atoms with E-state index in [0.29, 0.717) is 74.5 Å². The fraction of sp³-hybridized carbons (Fsp3) is 0.385. The van der Waals surface area contributed by atoms with Crippen molar-refractivity contribution in [1.29, 1.82) is 0 Å². The monoisotopic (exact) mass is 465 g/mol. The highest BCUT2D eigenvalue weighted by molar-refractivity contribution is 5.99. The maximum absolute atomic E-state index is 13.3. The highest BCUT2D eigenvalue weighted by Crippen LogP contribution is 2.39. The number of H-pyrrole nitrogens is 1. The molecule has 0 aliphatic carbocycles. The van der Waals surface area contributed by atoms with Crippen LogP contribution in [0, 0.1) is 0 Å². The van der Waals surface area contributed by atoms with E-state index in [-0.39, 0.29) is 11.8 Å². The molecule has 0 atom stereocenters. The minimum absolute atomic E-state index is 0.0540. The molecule has 0 spiro atoms. The number of ether oxygens (including phenoxy) is 3. The molecule has 1 saturated heterocycles. The van der Waals surface area contributed by atoms with Crippen molar-refractivity contribution in [3.05, 3.63) is 53.7 Å². The fourth-order valence-corrected chi connectivity index (χ4v) is 4.17. The first-order valence-corrected chi connectivity index (χ1v) is 11.8. The minimum Gasteiger partial charge on any atom is -0.490 e. The summed E-state index contributed by atoms with van der Waals surface area (Å²) in [4.78, 5) is 33.0. The van der Waals surface area contributed by atoms with Crippen molar-refractivity contribution in [1.82, 2.24) is 14.8 Å². The molecule has 0 saturated carbocycles. The van der Waals surface area contributed by atoms with Crippen LogP contribution in [0.2, 0.25) is 0 Å².